The van der Waals surface area contributed by atoms with Crippen molar-refractivity contribution in [3.05, 3.63) is 0 Å². The van der Waals surface area contributed by atoms with E-state index < -0.39 is 0 Å². The lowest BCUT2D eigenvalue weighted by molar-refractivity contribution is -0.142. The molecule has 0 fully saturated rings. The fourth-order valence-electron chi connectivity index (χ4n) is 3.14. The summed E-state index contributed by atoms with van der Waals surface area (Å²) in [6.45, 7) is 10.6. The van der Waals surface area contributed by atoms with Crippen LogP contribution in [0.25, 0.3) is 0 Å². The minimum absolute atomic E-state index is 0.275. The topological polar surface area (TPSA) is 81.7 Å². The Morgan fingerprint density at radius 3 is 1.06 bits per heavy atom. The summed E-state index contributed by atoms with van der Waals surface area (Å²) in [6.07, 6.45) is 13.4. The second kappa shape index (κ2) is 30.3. The third kappa shape index (κ3) is 31.2. The van der Waals surface area contributed by atoms with Crippen molar-refractivity contribution >= 4 is 5.97 Å². The van der Waals surface area contributed by atoms with E-state index in [4.69, 9.17) is 33.2 Å². The molecule has 0 aliphatic heterocycles. The van der Waals surface area contributed by atoms with E-state index >= 15 is 0 Å². The van der Waals surface area contributed by atoms with E-state index in [1.54, 1.807) is 0 Å². The lowest BCUT2D eigenvalue weighted by Gasteiger charge is -2.08. The molecule has 34 heavy (non-hydrogen) atoms. The molecule has 8 nitrogen and oxygen atoms in total. The first-order valence-corrected chi connectivity index (χ1v) is 13.4. The van der Waals surface area contributed by atoms with Crippen LogP contribution in [0, 0.1) is 0 Å². The molecule has 0 unspecified atom stereocenters. The molecule has 0 aliphatic carbocycles. The molecule has 0 aromatic carbocycles. The van der Waals surface area contributed by atoms with Crippen LogP contribution in [0.15, 0.2) is 0 Å². The van der Waals surface area contributed by atoms with Crippen molar-refractivity contribution in [2.45, 2.75) is 78.1 Å². The maximum atomic E-state index is 10.6. The zero-order chi connectivity index (χ0) is 24.8. The van der Waals surface area contributed by atoms with Gasteiger partial charge < -0.3 is 33.2 Å². The van der Waals surface area contributed by atoms with Crippen molar-refractivity contribution in [1.29, 1.82) is 0 Å². The van der Waals surface area contributed by atoms with Gasteiger partial charge in [0.15, 0.2) is 0 Å². The highest BCUT2D eigenvalue weighted by Crippen LogP contribution is 2.10. The van der Waals surface area contributed by atoms with E-state index in [9.17, 15) is 4.79 Å². The van der Waals surface area contributed by atoms with Crippen LogP contribution in [-0.4, -0.2) is 91.9 Å². The molecule has 0 N–H and O–H groups in total. The molecule has 0 bridgehead atoms. The van der Waals surface area contributed by atoms with E-state index in [1.165, 1.54) is 64.7 Å². The SMILES string of the molecule is CCCCCCCCCCCCOCCOCCOCCOCCOCCOCCOC(C)=O. The van der Waals surface area contributed by atoms with Gasteiger partial charge in [-0.25, -0.2) is 0 Å². The minimum Gasteiger partial charge on any atom is -0.463 e. The van der Waals surface area contributed by atoms with Crippen LogP contribution < -0.4 is 0 Å². The van der Waals surface area contributed by atoms with Gasteiger partial charge in [0.1, 0.15) is 6.61 Å². The Labute approximate surface area is 208 Å². The number of hydrogen-bond donors (Lipinski definition) is 0. The molecule has 0 radical (unpaired) electrons. The maximum Gasteiger partial charge on any atom is 0.302 e. The van der Waals surface area contributed by atoms with Gasteiger partial charge in [0.2, 0.25) is 0 Å². The van der Waals surface area contributed by atoms with Crippen molar-refractivity contribution in [2.75, 3.05) is 85.9 Å². The van der Waals surface area contributed by atoms with Crippen molar-refractivity contribution in [3.63, 3.8) is 0 Å². The fourth-order valence-corrected chi connectivity index (χ4v) is 3.14. The first-order valence-electron chi connectivity index (χ1n) is 13.4. The molecule has 0 saturated heterocycles. The lowest BCUT2D eigenvalue weighted by atomic mass is 10.1. The third-order valence-electron chi connectivity index (χ3n) is 5.04. The summed E-state index contributed by atoms with van der Waals surface area (Å²) in [5.74, 6) is -0.298. The number of hydrogen-bond acceptors (Lipinski definition) is 8. The van der Waals surface area contributed by atoms with Gasteiger partial charge >= 0.3 is 5.97 Å². The monoisotopic (exact) mass is 492 g/mol. The Bertz CT molecular complexity index is 395. The minimum atomic E-state index is -0.298. The van der Waals surface area contributed by atoms with Crippen LogP contribution >= 0.6 is 0 Å². The second-order valence-corrected chi connectivity index (χ2v) is 8.20. The van der Waals surface area contributed by atoms with E-state index in [1.807, 2.05) is 0 Å². The maximum absolute atomic E-state index is 10.6. The smallest absolute Gasteiger partial charge is 0.302 e. The average Bonchev–Trinajstić information content (AvgIpc) is 2.83. The molecular formula is C26H52O8. The van der Waals surface area contributed by atoms with Crippen molar-refractivity contribution in [2.24, 2.45) is 0 Å². The lowest BCUT2D eigenvalue weighted by Crippen LogP contribution is -2.14. The summed E-state index contributed by atoms with van der Waals surface area (Å²) in [7, 11) is 0. The third-order valence-corrected chi connectivity index (χ3v) is 5.04. The van der Waals surface area contributed by atoms with Gasteiger partial charge in [0, 0.05) is 13.5 Å². The van der Waals surface area contributed by atoms with Crippen LogP contribution in [0.2, 0.25) is 0 Å². The molecule has 0 atom stereocenters. The largest absolute Gasteiger partial charge is 0.463 e. The Kier molecular flexibility index (Phi) is 29.6. The summed E-state index contributed by atoms with van der Waals surface area (Å²) >= 11 is 0. The molecule has 0 aromatic heterocycles. The quantitative estimate of drug-likeness (QED) is 0.111. The Morgan fingerprint density at radius 1 is 0.412 bits per heavy atom. The number of rotatable bonds is 29. The van der Waals surface area contributed by atoms with E-state index in [0.717, 1.165) is 13.0 Å². The molecule has 204 valence electrons. The Morgan fingerprint density at radius 2 is 0.706 bits per heavy atom. The van der Waals surface area contributed by atoms with Crippen LogP contribution in [0.1, 0.15) is 78.1 Å². The van der Waals surface area contributed by atoms with Crippen molar-refractivity contribution < 1.29 is 38.0 Å². The van der Waals surface area contributed by atoms with E-state index in [0.29, 0.717) is 72.7 Å². The number of unbranched alkanes of at least 4 members (excludes halogenated alkanes) is 9. The highest BCUT2D eigenvalue weighted by molar-refractivity contribution is 5.65. The molecule has 0 spiro atoms. The molecule has 0 heterocycles. The van der Waals surface area contributed by atoms with E-state index in [-0.39, 0.29) is 12.6 Å². The van der Waals surface area contributed by atoms with Gasteiger partial charge in [-0.2, -0.15) is 0 Å². The Hall–Kier alpha value is -0.770. The Balaban J connectivity index is 3.01. The van der Waals surface area contributed by atoms with Crippen LogP contribution in [-0.2, 0) is 38.0 Å². The molecule has 0 aliphatic rings. The summed E-state index contributed by atoms with van der Waals surface area (Å²) in [6, 6.07) is 0. The predicted molar refractivity (Wildman–Crippen MR) is 133 cm³/mol. The van der Waals surface area contributed by atoms with Gasteiger partial charge in [-0.1, -0.05) is 64.7 Å². The standard InChI is InChI=1S/C26H52O8/c1-3-4-5-6-7-8-9-10-11-12-13-28-14-15-29-16-17-30-18-19-31-20-21-32-22-23-33-24-25-34-26(2)27/h3-25H2,1-2H3. The summed E-state index contributed by atoms with van der Waals surface area (Å²) < 4.78 is 37.4. The van der Waals surface area contributed by atoms with Gasteiger partial charge in [-0.05, 0) is 6.42 Å². The highest BCUT2D eigenvalue weighted by Gasteiger charge is 1.96. The molecular weight excluding hydrogens is 440 g/mol. The van der Waals surface area contributed by atoms with Gasteiger partial charge in [-0.3, -0.25) is 4.79 Å². The molecule has 0 aromatic rings. The van der Waals surface area contributed by atoms with Crippen LogP contribution in [0.3, 0.4) is 0 Å². The van der Waals surface area contributed by atoms with Gasteiger partial charge in [0.05, 0.1) is 72.7 Å². The number of ether oxygens (including phenoxy) is 7. The van der Waals surface area contributed by atoms with Crippen molar-refractivity contribution in [3.8, 4) is 0 Å². The van der Waals surface area contributed by atoms with E-state index in [2.05, 4.69) is 6.92 Å². The summed E-state index contributed by atoms with van der Waals surface area (Å²) in [5, 5.41) is 0. The number of esters is 1. The van der Waals surface area contributed by atoms with Gasteiger partial charge in [0.25, 0.3) is 0 Å². The molecule has 0 amide bonds. The number of carbonyl (C=O) groups is 1. The molecule has 8 heteroatoms. The molecule has 0 rings (SSSR count). The zero-order valence-corrected chi connectivity index (χ0v) is 22.0. The molecule has 0 saturated carbocycles. The average molecular weight is 493 g/mol. The zero-order valence-electron chi connectivity index (χ0n) is 22.0. The normalized spacial score (nSPS) is 11.2. The van der Waals surface area contributed by atoms with Crippen LogP contribution in [0.5, 0.6) is 0 Å². The van der Waals surface area contributed by atoms with Crippen molar-refractivity contribution in [1.82, 2.24) is 0 Å². The number of carbonyl (C=O) groups excluding carboxylic acids is 1. The first kappa shape index (κ1) is 33.2. The summed E-state index contributed by atoms with van der Waals surface area (Å²) in [4.78, 5) is 10.6. The highest BCUT2D eigenvalue weighted by atomic mass is 16.6. The first-order chi connectivity index (χ1) is 16.8. The fraction of sp³-hybridized carbons (Fsp3) is 0.962. The van der Waals surface area contributed by atoms with Crippen LogP contribution in [0.4, 0.5) is 0 Å². The second-order valence-electron chi connectivity index (χ2n) is 8.20. The summed E-state index contributed by atoms with van der Waals surface area (Å²) in [5.41, 5.74) is 0. The predicted octanol–water partition coefficient (Wildman–Crippen LogP) is 4.57. The van der Waals surface area contributed by atoms with Gasteiger partial charge in [-0.15, -0.1) is 0 Å².